The Hall–Kier alpha value is 0.610. The number of sulfone groups is 1. The van der Waals surface area contributed by atoms with Crippen molar-refractivity contribution >= 4 is 33.4 Å². The Kier molecular flexibility index (Phi) is 5.28. The van der Waals surface area contributed by atoms with Gasteiger partial charge in [0.15, 0.2) is 0 Å². The van der Waals surface area contributed by atoms with Crippen molar-refractivity contribution < 1.29 is 8.42 Å². The molecule has 0 spiro atoms. The predicted octanol–water partition coefficient (Wildman–Crippen LogP) is 0.985. The van der Waals surface area contributed by atoms with Gasteiger partial charge < -0.3 is 5.73 Å². The van der Waals surface area contributed by atoms with Crippen molar-refractivity contribution in [3.8, 4) is 0 Å². The van der Waals surface area contributed by atoms with Crippen molar-refractivity contribution in [3.05, 3.63) is 0 Å². The number of thioether (sulfide) groups is 2. The van der Waals surface area contributed by atoms with Crippen LogP contribution in [0.1, 0.15) is 13.3 Å². The van der Waals surface area contributed by atoms with Gasteiger partial charge >= 0.3 is 0 Å². The van der Waals surface area contributed by atoms with E-state index in [1.807, 2.05) is 23.5 Å². The molecule has 0 saturated carbocycles. The maximum absolute atomic E-state index is 11.0. The fourth-order valence-corrected chi connectivity index (χ4v) is 5.27. The Bertz CT molecular complexity index is 292. The summed E-state index contributed by atoms with van der Waals surface area (Å²) in [7, 11) is -2.87. The third-order valence-electron chi connectivity index (χ3n) is 2.48. The molecule has 1 rings (SSSR count). The fraction of sp³-hybridized carbons (Fsp3) is 1.00. The fourth-order valence-electron chi connectivity index (χ4n) is 1.63. The Morgan fingerprint density at radius 2 is 2.00 bits per heavy atom. The molecular weight excluding hydrogens is 250 g/mol. The second kappa shape index (κ2) is 5.80. The van der Waals surface area contributed by atoms with Crippen molar-refractivity contribution in [2.75, 3.05) is 23.5 Å². The van der Waals surface area contributed by atoms with Crippen LogP contribution in [-0.2, 0) is 9.84 Å². The molecule has 15 heavy (non-hydrogen) atoms. The molecule has 90 valence electrons. The zero-order valence-electron chi connectivity index (χ0n) is 9.18. The maximum atomic E-state index is 11.0. The zero-order chi connectivity index (χ0) is 11.5. The molecule has 0 bridgehead atoms. The summed E-state index contributed by atoms with van der Waals surface area (Å²) in [6.45, 7) is 2.18. The summed E-state index contributed by atoms with van der Waals surface area (Å²) >= 11 is 3.83. The van der Waals surface area contributed by atoms with Crippen molar-refractivity contribution in [2.45, 2.75) is 29.9 Å². The summed E-state index contributed by atoms with van der Waals surface area (Å²) in [5.74, 6) is 2.52. The average molecular weight is 269 g/mol. The Morgan fingerprint density at radius 1 is 1.40 bits per heavy atom. The SMILES string of the molecule is CC1SCCSC1C(N)CCS(C)(=O)=O. The summed E-state index contributed by atoms with van der Waals surface area (Å²) in [5, 5.41) is 0.948. The van der Waals surface area contributed by atoms with Gasteiger partial charge in [-0.05, 0) is 6.42 Å². The van der Waals surface area contributed by atoms with E-state index in [-0.39, 0.29) is 11.8 Å². The maximum Gasteiger partial charge on any atom is 0.147 e. The van der Waals surface area contributed by atoms with E-state index in [9.17, 15) is 8.42 Å². The van der Waals surface area contributed by atoms with Crippen molar-refractivity contribution in [1.82, 2.24) is 0 Å². The Morgan fingerprint density at radius 3 is 2.53 bits per heavy atom. The van der Waals surface area contributed by atoms with Crippen LogP contribution in [0.25, 0.3) is 0 Å². The molecule has 3 nitrogen and oxygen atoms in total. The van der Waals surface area contributed by atoms with Crippen molar-refractivity contribution in [3.63, 3.8) is 0 Å². The monoisotopic (exact) mass is 269 g/mol. The van der Waals surface area contributed by atoms with Gasteiger partial charge in [0, 0.05) is 34.3 Å². The van der Waals surface area contributed by atoms with E-state index >= 15 is 0 Å². The van der Waals surface area contributed by atoms with Crippen LogP contribution in [0.15, 0.2) is 0 Å². The van der Waals surface area contributed by atoms with Gasteiger partial charge in [-0.15, -0.1) is 0 Å². The highest BCUT2D eigenvalue weighted by Crippen LogP contribution is 2.33. The first-order valence-corrected chi connectivity index (χ1v) is 9.22. The van der Waals surface area contributed by atoms with Crippen LogP contribution in [0.2, 0.25) is 0 Å². The summed E-state index contributed by atoms with van der Waals surface area (Å²) < 4.78 is 22.1. The molecule has 0 radical (unpaired) electrons. The smallest absolute Gasteiger partial charge is 0.147 e. The number of hydrogen-bond acceptors (Lipinski definition) is 5. The molecule has 2 N–H and O–H groups in total. The van der Waals surface area contributed by atoms with Crippen LogP contribution in [0.3, 0.4) is 0 Å². The lowest BCUT2D eigenvalue weighted by molar-refractivity contribution is 0.576. The topological polar surface area (TPSA) is 60.2 Å². The molecule has 1 aliphatic rings. The molecule has 1 heterocycles. The first kappa shape index (κ1) is 13.7. The molecule has 6 heteroatoms. The van der Waals surface area contributed by atoms with E-state index < -0.39 is 9.84 Å². The predicted molar refractivity (Wildman–Crippen MR) is 70.5 cm³/mol. The van der Waals surface area contributed by atoms with Gasteiger partial charge in [-0.1, -0.05) is 6.92 Å². The molecule has 3 unspecified atom stereocenters. The summed E-state index contributed by atoms with van der Waals surface area (Å²) in [6, 6.07) is 0.00697. The summed E-state index contributed by atoms with van der Waals surface area (Å²) in [6.07, 6.45) is 1.85. The minimum atomic E-state index is -2.87. The highest BCUT2D eigenvalue weighted by Gasteiger charge is 2.28. The lowest BCUT2D eigenvalue weighted by Gasteiger charge is -2.32. The van der Waals surface area contributed by atoms with Crippen LogP contribution in [0.4, 0.5) is 0 Å². The lowest BCUT2D eigenvalue weighted by Crippen LogP contribution is -2.41. The van der Waals surface area contributed by atoms with Gasteiger partial charge in [-0.25, -0.2) is 8.42 Å². The van der Waals surface area contributed by atoms with Crippen molar-refractivity contribution in [1.29, 1.82) is 0 Å². The first-order valence-electron chi connectivity index (χ1n) is 5.06. The molecule has 1 aliphatic heterocycles. The number of rotatable bonds is 4. The zero-order valence-corrected chi connectivity index (χ0v) is 11.6. The summed E-state index contributed by atoms with van der Waals surface area (Å²) in [4.78, 5) is 0. The lowest BCUT2D eigenvalue weighted by atomic mass is 10.1. The minimum absolute atomic E-state index is 0.00697. The number of hydrogen-bond donors (Lipinski definition) is 1. The quantitative estimate of drug-likeness (QED) is 0.824. The number of nitrogens with two attached hydrogens (primary N) is 1. The van der Waals surface area contributed by atoms with Crippen LogP contribution in [0, 0.1) is 0 Å². The van der Waals surface area contributed by atoms with Crippen LogP contribution < -0.4 is 5.73 Å². The second-order valence-corrected chi connectivity index (χ2v) is 9.02. The average Bonchev–Trinajstić information content (AvgIpc) is 2.14. The Balaban J connectivity index is 2.41. The van der Waals surface area contributed by atoms with E-state index in [0.29, 0.717) is 16.9 Å². The molecule has 0 aromatic rings. The molecule has 1 saturated heterocycles. The van der Waals surface area contributed by atoms with Gasteiger partial charge in [0.25, 0.3) is 0 Å². The molecule has 0 aromatic heterocycles. The van der Waals surface area contributed by atoms with Gasteiger partial charge in [0.05, 0.1) is 5.75 Å². The van der Waals surface area contributed by atoms with E-state index in [1.165, 1.54) is 12.0 Å². The van der Waals surface area contributed by atoms with Gasteiger partial charge in [0.2, 0.25) is 0 Å². The van der Waals surface area contributed by atoms with Crippen LogP contribution in [-0.4, -0.2) is 48.5 Å². The first-order chi connectivity index (χ1) is 6.90. The van der Waals surface area contributed by atoms with E-state index in [2.05, 4.69) is 6.92 Å². The van der Waals surface area contributed by atoms with Crippen LogP contribution >= 0.6 is 23.5 Å². The van der Waals surface area contributed by atoms with Crippen LogP contribution in [0.5, 0.6) is 0 Å². The van der Waals surface area contributed by atoms with Gasteiger partial charge in [-0.2, -0.15) is 23.5 Å². The van der Waals surface area contributed by atoms with Gasteiger partial charge in [-0.3, -0.25) is 0 Å². The third kappa shape index (κ3) is 4.97. The highest BCUT2D eigenvalue weighted by molar-refractivity contribution is 8.07. The highest BCUT2D eigenvalue weighted by atomic mass is 32.2. The minimum Gasteiger partial charge on any atom is -0.327 e. The molecule has 1 fully saturated rings. The van der Waals surface area contributed by atoms with E-state index in [4.69, 9.17) is 5.73 Å². The molecular formula is C9H19NO2S3. The Labute approximate surface area is 101 Å². The van der Waals surface area contributed by atoms with Gasteiger partial charge in [0.1, 0.15) is 9.84 Å². The molecule has 0 amide bonds. The third-order valence-corrected chi connectivity index (χ3v) is 6.73. The standard InChI is InChI=1S/C9H19NO2S3/c1-7-9(14-5-4-13-7)8(10)3-6-15(2,11)12/h7-9H,3-6,10H2,1-2H3. The molecule has 0 aromatic carbocycles. The second-order valence-electron chi connectivity index (χ2n) is 3.99. The molecule has 0 aliphatic carbocycles. The van der Waals surface area contributed by atoms with E-state index in [1.54, 1.807) is 0 Å². The largest absolute Gasteiger partial charge is 0.327 e. The van der Waals surface area contributed by atoms with E-state index in [0.717, 1.165) is 5.75 Å². The molecule has 3 atom stereocenters. The normalized spacial score (nSPS) is 30.1. The van der Waals surface area contributed by atoms with Crippen molar-refractivity contribution in [2.24, 2.45) is 5.73 Å². The summed E-state index contributed by atoms with van der Waals surface area (Å²) in [5.41, 5.74) is 6.05.